The minimum absolute atomic E-state index is 0.0671. The Labute approximate surface area is 181 Å². The van der Waals surface area contributed by atoms with Crippen molar-refractivity contribution in [3.63, 3.8) is 0 Å². The minimum Gasteiger partial charge on any atom is -0.355 e. The largest absolute Gasteiger partial charge is 0.355 e. The van der Waals surface area contributed by atoms with Gasteiger partial charge in [0.2, 0.25) is 5.91 Å². The van der Waals surface area contributed by atoms with Crippen LogP contribution in [0.2, 0.25) is 10.0 Å². The SMILES string of the molecule is O=C(NCCSCc1ccc(Cl)cc1)[C@H]1CCCN(Cc2ccccc2Cl)C1. The van der Waals surface area contributed by atoms with Gasteiger partial charge in [-0.3, -0.25) is 9.69 Å². The molecule has 6 heteroatoms. The fraction of sp³-hybridized carbons (Fsp3) is 0.409. The third-order valence-electron chi connectivity index (χ3n) is 4.96. The third kappa shape index (κ3) is 6.70. The molecule has 150 valence electrons. The molecule has 0 aromatic heterocycles. The number of nitrogens with one attached hydrogen (secondary N) is 1. The average Bonchev–Trinajstić information content (AvgIpc) is 2.71. The van der Waals surface area contributed by atoms with E-state index in [-0.39, 0.29) is 11.8 Å². The summed E-state index contributed by atoms with van der Waals surface area (Å²) in [6, 6.07) is 15.9. The number of carbonyl (C=O) groups excluding carboxylic acids is 1. The van der Waals surface area contributed by atoms with E-state index in [0.29, 0.717) is 6.54 Å². The summed E-state index contributed by atoms with van der Waals surface area (Å²) in [5.41, 5.74) is 2.38. The molecular weight excluding hydrogens is 411 g/mol. The van der Waals surface area contributed by atoms with Crippen molar-refractivity contribution in [2.45, 2.75) is 25.1 Å². The second kappa shape index (κ2) is 11.1. The number of piperidine rings is 1. The first kappa shape index (κ1) is 21.5. The van der Waals surface area contributed by atoms with E-state index in [9.17, 15) is 4.79 Å². The first-order valence-electron chi connectivity index (χ1n) is 9.67. The minimum atomic E-state index is 0.0671. The first-order valence-corrected chi connectivity index (χ1v) is 11.6. The zero-order chi connectivity index (χ0) is 19.8. The summed E-state index contributed by atoms with van der Waals surface area (Å²) in [6.45, 7) is 3.33. The highest BCUT2D eigenvalue weighted by Gasteiger charge is 2.25. The zero-order valence-electron chi connectivity index (χ0n) is 15.9. The topological polar surface area (TPSA) is 32.3 Å². The van der Waals surface area contributed by atoms with Gasteiger partial charge in [-0.2, -0.15) is 11.8 Å². The van der Waals surface area contributed by atoms with Gasteiger partial charge in [0, 0.05) is 41.2 Å². The van der Waals surface area contributed by atoms with Gasteiger partial charge in [-0.15, -0.1) is 0 Å². The number of likely N-dealkylation sites (tertiary alicyclic amines) is 1. The van der Waals surface area contributed by atoms with Crippen molar-refractivity contribution >= 4 is 40.9 Å². The van der Waals surface area contributed by atoms with Crippen LogP contribution in [0.3, 0.4) is 0 Å². The molecule has 2 aromatic carbocycles. The Bertz CT molecular complexity index is 769. The lowest BCUT2D eigenvalue weighted by Crippen LogP contribution is -2.43. The van der Waals surface area contributed by atoms with Crippen LogP contribution in [0.1, 0.15) is 24.0 Å². The Kier molecular flexibility index (Phi) is 8.53. The van der Waals surface area contributed by atoms with Gasteiger partial charge in [-0.25, -0.2) is 0 Å². The summed E-state index contributed by atoms with van der Waals surface area (Å²) in [5, 5.41) is 4.67. The second-order valence-electron chi connectivity index (χ2n) is 7.14. The predicted molar refractivity (Wildman–Crippen MR) is 120 cm³/mol. The number of benzene rings is 2. The van der Waals surface area contributed by atoms with Crippen LogP contribution >= 0.6 is 35.0 Å². The fourth-order valence-electron chi connectivity index (χ4n) is 3.44. The molecule has 1 aliphatic rings. The van der Waals surface area contributed by atoms with Crippen LogP contribution in [0, 0.1) is 5.92 Å². The molecule has 1 amide bonds. The molecule has 1 atom stereocenters. The number of amides is 1. The molecule has 1 aliphatic heterocycles. The number of hydrogen-bond donors (Lipinski definition) is 1. The van der Waals surface area contributed by atoms with Gasteiger partial charge in [-0.05, 0) is 48.7 Å². The van der Waals surface area contributed by atoms with Crippen LogP contribution in [0.25, 0.3) is 0 Å². The number of rotatable bonds is 8. The van der Waals surface area contributed by atoms with Crippen LogP contribution in [0.5, 0.6) is 0 Å². The summed E-state index contributed by atoms with van der Waals surface area (Å²) < 4.78 is 0. The summed E-state index contributed by atoms with van der Waals surface area (Å²) in [6.07, 6.45) is 2.01. The molecule has 2 aromatic rings. The van der Waals surface area contributed by atoms with Gasteiger partial charge < -0.3 is 5.32 Å². The lowest BCUT2D eigenvalue weighted by atomic mass is 9.96. The Morgan fingerprint density at radius 3 is 2.71 bits per heavy atom. The average molecular weight is 437 g/mol. The normalized spacial score (nSPS) is 17.4. The van der Waals surface area contributed by atoms with Crippen molar-refractivity contribution in [3.05, 3.63) is 69.7 Å². The first-order chi connectivity index (χ1) is 13.6. The predicted octanol–water partition coefficient (Wildman–Crippen LogP) is 5.26. The summed E-state index contributed by atoms with van der Waals surface area (Å²) in [4.78, 5) is 14.9. The number of thioether (sulfide) groups is 1. The maximum atomic E-state index is 12.5. The van der Waals surface area contributed by atoms with Gasteiger partial charge in [-0.1, -0.05) is 53.5 Å². The molecule has 0 bridgehead atoms. The summed E-state index contributed by atoms with van der Waals surface area (Å²) >= 11 is 14.0. The summed E-state index contributed by atoms with van der Waals surface area (Å²) in [5.74, 6) is 2.08. The number of hydrogen-bond acceptors (Lipinski definition) is 3. The molecule has 0 aliphatic carbocycles. The van der Waals surface area contributed by atoms with Crippen LogP contribution in [0.15, 0.2) is 48.5 Å². The van der Waals surface area contributed by atoms with Gasteiger partial charge in [0.15, 0.2) is 0 Å². The van der Waals surface area contributed by atoms with E-state index in [0.717, 1.165) is 59.6 Å². The number of halogens is 2. The molecule has 0 radical (unpaired) electrons. The van der Waals surface area contributed by atoms with Gasteiger partial charge in [0.25, 0.3) is 0 Å². The zero-order valence-corrected chi connectivity index (χ0v) is 18.2. The monoisotopic (exact) mass is 436 g/mol. The van der Waals surface area contributed by atoms with Crippen molar-refractivity contribution in [2.24, 2.45) is 5.92 Å². The van der Waals surface area contributed by atoms with Crippen molar-refractivity contribution in [1.29, 1.82) is 0 Å². The maximum absolute atomic E-state index is 12.5. The lowest BCUT2D eigenvalue weighted by Gasteiger charge is -2.32. The Morgan fingerprint density at radius 2 is 1.93 bits per heavy atom. The van der Waals surface area contributed by atoms with Crippen molar-refractivity contribution in [3.8, 4) is 0 Å². The van der Waals surface area contributed by atoms with Crippen molar-refractivity contribution in [2.75, 3.05) is 25.4 Å². The number of nitrogens with zero attached hydrogens (tertiary/aromatic N) is 1. The Hall–Kier alpha value is -1.20. The molecule has 28 heavy (non-hydrogen) atoms. The van der Waals surface area contributed by atoms with Gasteiger partial charge >= 0.3 is 0 Å². The van der Waals surface area contributed by atoms with Crippen LogP contribution < -0.4 is 5.32 Å². The molecule has 1 fully saturated rings. The van der Waals surface area contributed by atoms with E-state index in [1.165, 1.54) is 5.56 Å². The molecule has 1 saturated heterocycles. The highest BCUT2D eigenvalue weighted by molar-refractivity contribution is 7.98. The van der Waals surface area contributed by atoms with E-state index in [2.05, 4.69) is 16.3 Å². The number of carbonyl (C=O) groups is 1. The standard InChI is InChI=1S/C22H26Cl2N2OS/c23-20-9-7-17(8-10-20)16-28-13-11-25-22(27)19-5-3-12-26(15-19)14-18-4-1-2-6-21(18)24/h1-2,4,6-10,19H,3,5,11-16H2,(H,25,27)/t19-/m0/s1. The molecule has 0 spiro atoms. The van der Waals surface area contributed by atoms with E-state index < -0.39 is 0 Å². The lowest BCUT2D eigenvalue weighted by molar-refractivity contribution is -0.126. The second-order valence-corrected chi connectivity index (χ2v) is 9.08. The molecule has 1 heterocycles. The third-order valence-corrected chi connectivity index (χ3v) is 6.61. The molecule has 3 rings (SSSR count). The molecule has 0 unspecified atom stereocenters. The molecule has 3 nitrogen and oxygen atoms in total. The van der Waals surface area contributed by atoms with Crippen LogP contribution in [0.4, 0.5) is 0 Å². The van der Waals surface area contributed by atoms with E-state index in [1.54, 1.807) is 0 Å². The quantitative estimate of drug-likeness (QED) is 0.573. The van der Waals surface area contributed by atoms with Crippen molar-refractivity contribution < 1.29 is 4.79 Å². The fourth-order valence-corrected chi connectivity index (χ4v) is 4.58. The van der Waals surface area contributed by atoms with Gasteiger partial charge in [0.1, 0.15) is 0 Å². The van der Waals surface area contributed by atoms with Crippen LogP contribution in [-0.4, -0.2) is 36.2 Å². The van der Waals surface area contributed by atoms with E-state index >= 15 is 0 Å². The Morgan fingerprint density at radius 1 is 1.14 bits per heavy atom. The highest BCUT2D eigenvalue weighted by Crippen LogP contribution is 2.22. The smallest absolute Gasteiger partial charge is 0.224 e. The maximum Gasteiger partial charge on any atom is 0.224 e. The Balaban J connectivity index is 1.36. The summed E-state index contributed by atoms with van der Waals surface area (Å²) in [7, 11) is 0. The van der Waals surface area contributed by atoms with E-state index in [4.69, 9.17) is 23.2 Å². The van der Waals surface area contributed by atoms with E-state index in [1.807, 2.05) is 54.2 Å². The molecular formula is C22H26Cl2N2OS. The molecule has 1 N–H and O–H groups in total. The molecule has 0 saturated carbocycles. The van der Waals surface area contributed by atoms with Gasteiger partial charge in [0.05, 0.1) is 5.92 Å². The van der Waals surface area contributed by atoms with Crippen molar-refractivity contribution in [1.82, 2.24) is 10.2 Å². The van der Waals surface area contributed by atoms with Crippen LogP contribution in [-0.2, 0) is 17.1 Å². The highest BCUT2D eigenvalue weighted by atomic mass is 35.5.